The van der Waals surface area contributed by atoms with Gasteiger partial charge < -0.3 is 5.32 Å². The molecule has 0 spiro atoms. The molecule has 1 N–H and O–H groups in total. The fraction of sp³-hybridized carbons (Fsp3) is 0.500. The number of carbonyl (C=O) groups is 1. The van der Waals surface area contributed by atoms with Gasteiger partial charge in [-0.15, -0.1) is 5.10 Å². The molecule has 4 aliphatic rings. The first-order chi connectivity index (χ1) is 13.8. The van der Waals surface area contributed by atoms with Crippen LogP contribution in [0.25, 0.3) is 5.57 Å². The number of benzene rings is 1. The second-order valence-corrected chi connectivity index (χ2v) is 8.34. The first kappa shape index (κ1) is 17.6. The summed E-state index contributed by atoms with van der Waals surface area (Å²) in [6.45, 7) is 2.79. The molecular formula is C22H27N5O. The zero-order chi connectivity index (χ0) is 18.9. The number of carbonyl (C=O) groups excluding carboxylic acids is 1. The lowest BCUT2D eigenvalue weighted by atomic mass is 9.75. The van der Waals surface area contributed by atoms with Crippen LogP contribution in [0.4, 0.5) is 5.69 Å². The molecule has 28 heavy (non-hydrogen) atoms. The highest BCUT2D eigenvalue weighted by Crippen LogP contribution is 2.37. The van der Waals surface area contributed by atoms with Gasteiger partial charge in [0.2, 0.25) is 5.91 Å². The lowest BCUT2D eigenvalue weighted by Crippen LogP contribution is -2.57. The molecule has 0 saturated carbocycles. The molecule has 6 nitrogen and oxygen atoms in total. The number of anilines is 1. The third-order valence-corrected chi connectivity index (χ3v) is 6.56. The first-order valence-electron chi connectivity index (χ1n) is 10.5. The van der Waals surface area contributed by atoms with E-state index in [2.05, 4.69) is 32.8 Å². The van der Waals surface area contributed by atoms with Crippen LogP contribution in [0.15, 0.2) is 42.6 Å². The Hall–Kier alpha value is -2.47. The number of hydrogen-bond donors (Lipinski definition) is 1. The second-order valence-electron chi connectivity index (χ2n) is 8.34. The van der Waals surface area contributed by atoms with Gasteiger partial charge in [0.25, 0.3) is 0 Å². The van der Waals surface area contributed by atoms with Crippen molar-refractivity contribution in [3.8, 4) is 0 Å². The van der Waals surface area contributed by atoms with Gasteiger partial charge in [0.15, 0.2) is 0 Å². The minimum atomic E-state index is 0.0835. The maximum atomic E-state index is 12.8. The molecule has 1 amide bonds. The van der Waals surface area contributed by atoms with Gasteiger partial charge in [-0.25, -0.2) is 0 Å². The largest absolute Gasteiger partial charge is 0.326 e. The van der Waals surface area contributed by atoms with E-state index < -0.39 is 0 Å². The number of allylic oxidation sites excluding steroid dienone is 2. The number of aromatic nitrogens is 3. The highest BCUT2D eigenvalue weighted by molar-refractivity contribution is 5.93. The molecule has 4 heterocycles. The van der Waals surface area contributed by atoms with Gasteiger partial charge in [0, 0.05) is 18.3 Å². The van der Waals surface area contributed by atoms with Crippen molar-refractivity contribution in [2.24, 2.45) is 11.8 Å². The van der Waals surface area contributed by atoms with Crippen molar-refractivity contribution in [3.05, 3.63) is 48.3 Å². The molecule has 2 aromatic rings. The van der Waals surface area contributed by atoms with E-state index in [0.29, 0.717) is 12.0 Å². The number of rotatable bonds is 5. The van der Waals surface area contributed by atoms with Crippen molar-refractivity contribution >= 4 is 17.2 Å². The Kier molecular flexibility index (Phi) is 4.72. The maximum Gasteiger partial charge on any atom is 0.229 e. The third kappa shape index (κ3) is 3.49. The van der Waals surface area contributed by atoms with Crippen LogP contribution in [0.1, 0.15) is 37.8 Å². The van der Waals surface area contributed by atoms with Gasteiger partial charge in [-0.1, -0.05) is 29.5 Å². The molecule has 6 heteroatoms. The number of piperidine rings is 3. The standard InChI is InChI=1S/C22H27N5O/c28-22(23-18-8-2-1-3-9-18)20-14-26-11-10-17(20)12-19(26)13-27-15-21(24-25-27)16-6-4-5-7-16/h1-3,6,8-9,15,17,19-20H,4-5,7,10-14H2,(H,23,28)/t17-,19-,20+/m1/s1. The second kappa shape index (κ2) is 7.51. The highest BCUT2D eigenvalue weighted by Gasteiger charge is 2.43. The lowest BCUT2D eigenvalue weighted by molar-refractivity contribution is -0.127. The number of fused-ring (bicyclic) bond motifs is 3. The van der Waals surface area contributed by atoms with Crippen LogP contribution in [0.3, 0.4) is 0 Å². The van der Waals surface area contributed by atoms with Crippen molar-refractivity contribution < 1.29 is 4.79 Å². The lowest BCUT2D eigenvalue weighted by Gasteiger charge is -2.49. The normalized spacial score (nSPS) is 28.9. The van der Waals surface area contributed by atoms with E-state index in [1.54, 1.807) is 0 Å². The Balaban J connectivity index is 1.21. The molecule has 146 valence electrons. The van der Waals surface area contributed by atoms with Gasteiger partial charge in [0.1, 0.15) is 5.69 Å². The van der Waals surface area contributed by atoms with Crippen LogP contribution in [0, 0.1) is 11.8 Å². The summed E-state index contributed by atoms with van der Waals surface area (Å²) >= 11 is 0. The predicted molar refractivity (Wildman–Crippen MR) is 108 cm³/mol. The quantitative estimate of drug-likeness (QED) is 0.869. The average molecular weight is 377 g/mol. The smallest absolute Gasteiger partial charge is 0.229 e. The summed E-state index contributed by atoms with van der Waals surface area (Å²) in [5.74, 6) is 0.704. The molecule has 2 bridgehead atoms. The van der Waals surface area contributed by atoms with Crippen molar-refractivity contribution in [1.29, 1.82) is 0 Å². The summed E-state index contributed by atoms with van der Waals surface area (Å²) < 4.78 is 2.00. The van der Waals surface area contributed by atoms with Gasteiger partial charge >= 0.3 is 0 Å². The molecule has 3 aliphatic heterocycles. The van der Waals surface area contributed by atoms with Gasteiger partial charge in [-0.3, -0.25) is 14.4 Å². The number of para-hydroxylation sites is 1. The van der Waals surface area contributed by atoms with Crippen LogP contribution >= 0.6 is 0 Å². The molecule has 0 radical (unpaired) electrons. The summed E-state index contributed by atoms with van der Waals surface area (Å²) in [6.07, 6.45) is 10.1. The molecule has 6 rings (SSSR count). The van der Waals surface area contributed by atoms with Crippen molar-refractivity contribution in [1.82, 2.24) is 19.9 Å². The minimum absolute atomic E-state index is 0.0835. The highest BCUT2D eigenvalue weighted by atomic mass is 16.2. The Labute approximate surface area is 165 Å². The number of nitrogens with zero attached hydrogens (tertiary/aromatic N) is 4. The topological polar surface area (TPSA) is 63.1 Å². The molecule has 3 fully saturated rings. The predicted octanol–water partition coefficient (Wildman–Crippen LogP) is 3.19. The first-order valence-corrected chi connectivity index (χ1v) is 10.5. The fourth-order valence-electron chi connectivity index (χ4n) is 5.04. The number of nitrogens with one attached hydrogen (secondary N) is 1. The van der Waals surface area contributed by atoms with E-state index in [9.17, 15) is 4.79 Å². The average Bonchev–Trinajstić information content (AvgIpc) is 3.41. The summed E-state index contributed by atoms with van der Waals surface area (Å²) in [7, 11) is 0. The summed E-state index contributed by atoms with van der Waals surface area (Å²) in [5.41, 5.74) is 3.26. The van der Waals surface area contributed by atoms with E-state index >= 15 is 0 Å². The van der Waals surface area contributed by atoms with Crippen LogP contribution in [-0.4, -0.2) is 44.9 Å². The zero-order valence-corrected chi connectivity index (χ0v) is 16.1. The monoisotopic (exact) mass is 377 g/mol. The van der Waals surface area contributed by atoms with Gasteiger partial charge in [-0.2, -0.15) is 0 Å². The molecule has 1 aromatic carbocycles. The maximum absolute atomic E-state index is 12.8. The molecule has 3 saturated heterocycles. The van der Waals surface area contributed by atoms with Gasteiger partial charge in [0.05, 0.1) is 18.7 Å². The van der Waals surface area contributed by atoms with E-state index in [-0.39, 0.29) is 11.8 Å². The molecule has 4 atom stereocenters. The minimum Gasteiger partial charge on any atom is -0.326 e. The summed E-state index contributed by atoms with van der Waals surface area (Å²) in [4.78, 5) is 15.3. The van der Waals surface area contributed by atoms with Crippen molar-refractivity contribution in [2.45, 2.75) is 44.7 Å². The SMILES string of the molecule is O=C(Nc1ccccc1)[C@H]1CN2CC[C@@H]1C[C@@H]2Cn1cc(C2=CCCC2)nn1. The molecule has 1 aromatic heterocycles. The van der Waals surface area contributed by atoms with Gasteiger partial charge in [-0.05, 0) is 62.3 Å². The van der Waals surface area contributed by atoms with E-state index in [4.69, 9.17) is 0 Å². The van der Waals surface area contributed by atoms with Crippen LogP contribution in [0.2, 0.25) is 0 Å². The van der Waals surface area contributed by atoms with Crippen LogP contribution < -0.4 is 5.32 Å². The molecule has 1 unspecified atom stereocenters. The van der Waals surface area contributed by atoms with Crippen molar-refractivity contribution in [3.63, 3.8) is 0 Å². The molecular weight excluding hydrogens is 350 g/mol. The van der Waals surface area contributed by atoms with E-state index in [1.165, 1.54) is 12.0 Å². The van der Waals surface area contributed by atoms with E-state index in [0.717, 1.165) is 56.7 Å². The van der Waals surface area contributed by atoms with Crippen LogP contribution in [0.5, 0.6) is 0 Å². The Morgan fingerprint density at radius 2 is 2.14 bits per heavy atom. The van der Waals surface area contributed by atoms with Crippen LogP contribution in [-0.2, 0) is 11.3 Å². The zero-order valence-electron chi connectivity index (χ0n) is 16.1. The number of amides is 1. The van der Waals surface area contributed by atoms with E-state index in [1.807, 2.05) is 35.0 Å². The summed E-state index contributed by atoms with van der Waals surface area (Å²) in [6, 6.07) is 10.2. The fourth-order valence-corrected chi connectivity index (χ4v) is 5.04. The Morgan fingerprint density at radius 1 is 1.25 bits per heavy atom. The molecule has 1 aliphatic carbocycles. The Morgan fingerprint density at radius 3 is 2.89 bits per heavy atom. The third-order valence-electron chi connectivity index (χ3n) is 6.56. The van der Waals surface area contributed by atoms with Crippen molar-refractivity contribution in [2.75, 3.05) is 18.4 Å². The Bertz CT molecular complexity index is 874. The summed E-state index contributed by atoms with van der Waals surface area (Å²) in [5, 5.41) is 11.8. The number of hydrogen-bond acceptors (Lipinski definition) is 4.